The van der Waals surface area contributed by atoms with Crippen molar-refractivity contribution in [3.63, 3.8) is 0 Å². The first-order valence-electron chi connectivity index (χ1n) is 12.3. The zero-order valence-electron chi connectivity index (χ0n) is 22.3. The van der Waals surface area contributed by atoms with Gasteiger partial charge in [0.05, 0.1) is 28.3 Å². The standard InChI is InChI=1S/C28H25Cl2F3N4O4.ClH/c1-15-20(29)5-3-6-22(15)36-27(39)19-11-16(12-23-25(19)37-24(35-23)14-40-2)34-26(38)18-13-17(7-8-21(18)30)41-10-4-9-28(31,32)33;/h3,5-8,11-13H,4,9-10,14H2,1-2H3,(H,34,38)(H,35,37)(H,36,39);1H. The van der Waals surface area contributed by atoms with Crippen molar-refractivity contribution in [3.8, 4) is 5.75 Å². The second-order valence-corrected chi connectivity index (χ2v) is 9.88. The van der Waals surface area contributed by atoms with Crippen LogP contribution in [0.4, 0.5) is 24.5 Å². The number of H-pyrrole nitrogens is 1. The first-order chi connectivity index (χ1) is 19.4. The molecule has 1 aromatic heterocycles. The van der Waals surface area contributed by atoms with E-state index in [4.69, 9.17) is 32.7 Å². The number of imidazole rings is 1. The summed E-state index contributed by atoms with van der Waals surface area (Å²) in [4.78, 5) is 34.1. The van der Waals surface area contributed by atoms with Gasteiger partial charge in [0.2, 0.25) is 0 Å². The maximum absolute atomic E-state index is 13.4. The van der Waals surface area contributed by atoms with Crippen LogP contribution >= 0.6 is 35.6 Å². The molecule has 1 heterocycles. The number of alkyl halides is 3. The molecule has 0 aliphatic heterocycles. The number of benzene rings is 3. The van der Waals surface area contributed by atoms with Crippen molar-refractivity contribution < 1.29 is 32.2 Å². The highest BCUT2D eigenvalue weighted by Crippen LogP contribution is 2.29. The first kappa shape index (κ1) is 33.0. The Hall–Kier alpha value is -3.51. The molecule has 0 aliphatic carbocycles. The van der Waals surface area contributed by atoms with Gasteiger partial charge >= 0.3 is 6.18 Å². The maximum atomic E-state index is 13.4. The molecule has 0 aliphatic rings. The lowest BCUT2D eigenvalue weighted by Gasteiger charge is -2.13. The number of aromatic nitrogens is 2. The molecule has 0 saturated heterocycles. The van der Waals surface area contributed by atoms with E-state index in [2.05, 4.69) is 20.6 Å². The average Bonchev–Trinajstić information content (AvgIpc) is 3.31. The minimum absolute atomic E-state index is 0. The van der Waals surface area contributed by atoms with E-state index in [1.54, 1.807) is 31.2 Å². The summed E-state index contributed by atoms with van der Waals surface area (Å²) in [7, 11) is 1.51. The van der Waals surface area contributed by atoms with Crippen molar-refractivity contribution in [1.82, 2.24) is 9.97 Å². The van der Waals surface area contributed by atoms with Crippen LogP contribution in [0.15, 0.2) is 48.5 Å². The summed E-state index contributed by atoms with van der Waals surface area (Å²) in [5.41, 5.74) is 2.48. The highest BCUT2D eigenvalue weighted by atomic mass is 35.5. The van der Waals surface area contributed by atoms with Crippen molar-refractivity contribution in [2.75, 3.05) is 24.4 Å². The van der Waals surface area contributed by atoms with Gasteiger partial charge in [0, 0.05) is 29.9 Å². The van der Waals surface area contributed by atoms with Crippen molar-refractivity contribution in [3.05, 3.63) is 81.1 Å². The SMILES string of the molecule is COCc1nc2c(C(=O)Nc3cccc(Cl)c3C)cc(NC(=O)c3cc(OCCCC(F)(F)F)ccc3Cl)cc2[nH]1.Cl. The van der Waals surface area contributed by atoms with E-state index in [0.717, 1.165) is 0 Å². The van der Waals surface area contributed by atoms with Crippen LogP contribution in [-0.4, -0.2) is 41.7 Å². The van der Waals surface area contributed by atoms with Crippen LogP contribution in [0.25, 0.3) is 11.0 Å². The molecular weight excluding hydrogens is 620 g/mol. The van der Waals surface area contributed by atoms with E-state index in [1.165, 1.54) is 31.4 Å². The number of hydrogen-bond acceptors (Lipinski definition) is 5. The Kier molecular flexibility index (Phi) is 11.1. The largest absolute Gasteiger partial charge is 0.494 e. The monoisotopic (exact) mass is 644 g/mol. The summed E-state index contributed by atoms with van der Waals surface area (Å²) in [6.07, 6.45) is -5.50. The molecule has 3 aromatic carbocycles. The number of nitrogens with zero attached hydrogens (tertiary/aromatic N) is 1. The first-order valence-corrected chi connectivity index (χ1v) is 13.1. The third-order valence-corrected chi connectivity index (χ3v) is 6.73. The van der Waals surface area contributed by atoms with E-state index < -0.39 is 24.4 Å². The molecule has 0 atom stereocenters. The number of nitrogens with one attached hydrogen (secondary N) is 3. The summed E-state index contributed by atoms with van der Waals surface area (Å²) in [5, 5.41) is 6.14. The Morgan fingerprint density at radius 3 is 2.45 bits per heavy atom. The van der Waals surface area contributed by atoms with E-state index in [9.17, 15) is 22.8 Å². The Morgan fingerprint density at radius 2 is 1.74 bits per heavy atom. The van der Waals surface area contributed by atoms with Crippen molar-refractivity contribution in [2.45, 2.75) is 32.5 Å². The molecular formula is C28H26Cl3F3N4O4. The highest BCUT2D eigenvalue weighted by molar-refractivity contribution is 6.34. The number of amides is 2. The topological polar surface area (TPSA) is 105 Å². The third-order valence-electron chi connectivity index (χ3n) is 5.99. The predicted molar refractivity (Wildman–Crippen MR) is 158 cm³/mol. The molecule has 4 rings (SSSR count). The number of carbonyl (C=O) groups is 2. The summed E-state index contributed by atoms with van der Waals surface area (Å²) < 4.78 is 47.7. The molecule has 0 unspecified atom stereocenters. The Balaban J connectivity index is 0.00000484. The molecule has 224 valence electrons. The molecule has 0 bridgehead atoms. The number of methoxy groups -OCH3 is 1. The minimum Gasteiger partial charge on any atom is -0.494 e. The lowest BCUT2D eigenvalue weighted by Crippen LogP contribution is -2.16. The fraction of sp³-hybridized carbons (Fsp3) is 0.250. The van der Waals surface area contributed by atoms with Crippen molar-refractivity contribution in [2.24, 2.45) is 0 Å². The van der Waals surface area contributed by atoms with Crippen molar-refractivity contribution >= 4 is 69.8 Å². The Morgan fingerprint density at radius 1 is 1.00 bits per heavy atom. The van der Waals surface area contributed by atoms with Gasteiger partial charge in [-0.3, -0.25) is 9.59 Å². The average molecular weight is 646 g/mol. The lowest BCUT2D eigenvalue weighted by molar-refractivity contribution is -0.136. The number of fused-ring (bicyclic) bond motifs is 1. The van der Waals surface area contributed by atoms with Crippen molar-refractivity contribution in [1.29, 1.82) is 0 Å². The van der Waals surface area contributed by atoms with Crippen LogP contribution in [0, 0.1) is 6.92 Å². The quantitative estimate of drug-likeness (QED) is 0.152. The third kappa shape index (κ3) is 8.28. The summed E-state index contributed by atoms with van der Waals surface area (Å²) in [5.74, 6) is -0.452. The van der Waals surface area contributed by atoms with Gasteiger partial charge in [-0.1, -0.05) is 29.3 Å². The molecule has 8 nitrogen and oxygen atoms in total. The number of rotatable bonds is 10. The number of ether oxygens (including phenoxy) is 2. The van der Waals surface area contributed by atoms with Gasteiger partial charge in [-0.25, -0.2) is 4.98 Å². The normalized spacial score (nSPS) is 11.2. The van der Waals surface area contributed by atoms with Gasteiger partial charge in [0.15, 0.2) is 0 Å². The van der Waals surface area contributed by atoms with Crippen LogP contribution in [0.1, 0.15) is 44.9 Å². The van der Waals surface area contributed by atoms with E-state index >= 15 is 0 Å². The zero-order valence-corrected chi connectivity index (χ0v) is 24.7. The van der Waals surface area contributed by atoms with Gasteiger partial charge in [0.25, 0.3) is 11.8 Å². The second-order valence-electron chi connectivity index (χ2n) is 9.07. The fourth-order valence-electron chi connectivity index (χ4n) is 3.98. The maximum Gasteiger partial charge on any atom is 0.389 e. The second kappa shape index (κ2) is 14.1. The van der Waals surface area contributed by atoms with Gasteiger partial charge in [-0.15, -0.1) is 12.4 Å². The summed E-state index contributed by atoms with van der Waals surface area (Å²) >= 11 is 12.4. The Bertz CT molecular complexity index is 1590. The Labute approximate surface area is 255 Å². The summed E-state index contributed by atoms with van der Waals surface area (Å²) in [6, 6.07) is 12.4. The fourth-order valence-corrected chi connectivity index (χ4v) is 4.36. The van der Waals surface area contributed by atoms with Crippen LogP contribution in [0.2, 0.25) is 10.0 Å². The number of halogens is 6. The van der Waals surface area contributed by atoms with Gasteiger partial charge in [-0.2, -0.15) is 13.2 Å². The van der Waals surface area contributed by atoms with Gasteiger partial charge in [0.1, 0.15) is 23.7 Å². The molecule has 3 N–H and O–H groups in total. The molecule has 42 heavy (non-hydrogen) atoms. The number of hydrogen-bond donors (Lipinski definition) is 3. The molecule has 0 spiro atoms. The highest BCUT2D eigenvalue weighted by Gasteiger charge is 2.26. The van der Waals surface area contributed by atoms with E-state index in [0.29, 0.717) is 33.1 Å². The molecule has 0 radical (unpaired) electrons. The van der Waals surface area contributed by atoms with Gasteiger partial charge in [-0.05, 0) is 61.4 Å². The lowest BCUT2D eigenvalue weighted by atomic mass is 10.1. The zero-order chi connectivity index (χ0) is 29.7. The smallest absolute Gasteiger partial charge is 0.389 e. The molecule has 0 fully saturated rings. The molecule has 4 aromatic rings. The molecule has 2 amide bonds. The molecule has 14 heteroatoms. The van der Waals surface area contributed by atoms with Gasteiger partial charge < -0.3 is 25.1 Å². The summed E-state index contributed by atoms with van der Waals surface area (Å²) in [6.45, 7) is 1.75. The van der Waals surface area contributed by atoms with E-state index in [-0.39, 0.29) is 59.6 Å². The van der Waals surface area contributed by atoms with Crippen LogP contribution in [0.5, 0.6) is 5.75 Å². The predicted octanol–water partition coefficient (Wildman–Crippen LogP) is 7.97. The van der Waals surface area contributed by atoms with Crippen LogP contribution < -0.4 is 15.4 Å². The molecule has 0 saturated carbocycles. The number of aromatic amines is 1. The number of anilines is 2. The van der Waals surface area contributed by atoms with Crippen LogP contribution in [-0.2, 0) is 11.3 Å². The van der Waals surface area contributed by atoms with Crippen LogP contribution in [0.3, 0.4) is 0 Å². The minimum atomic E-state index is -4.28. The van der Waals surface area contributed by atoms with E-state index in [1.807, 2.05) is 0 Å². The number of carbonyl (C=O) groups excluding carboxylic acids is 2.